The Kier molecular flexibility index (Phi) is 5.67. The minimum Gasteiger partial charge on any atom is -0.426 e. The molecule has 2 aliphatic heterocycles. The first-order chi connectivity index (χ1) is 13.8. The van der Waals surface area contributed by atoms with E-state index in [-0.39, 0.29) is 37.5 Å². The first-order valence-electron chi connectivity index (χ1n) is 9.24. The number of carbonyl (C=O) groups is 2. The number of aryl methyl sites for hydroxylation is 1. The molecule has 0 radical (unpaired) electrons. The minimum absolute atomic E-state index is 0.118. The van der Waals surface area contributed by atoms with Gasteiger partial charge in [-0.1, -0.05) is 0 Å². The molecule has 0 aliphatic carbocycles. The predicted octanol–water partition coefficient (Wildman–Crippen LogP) is 3.12. The quantitative estimate of drug-likeness (QED) is 0.661. The average molecular weight is 442 g/mol. The molecular formula is C17H20F6N4O3. The zero-order valence-corrected chi connectivity index (χ0v) is 16.0. The molecule has 0 saturated carbocycles. The van der Waals surface area contributed by atoms with Gasteiger partial charge >= 0.3 is 18.4 Å². The number of nitrogens with zero attached hydrogens (tertiary/aromatic N) is 4. The van der Waals surface area contributed by atoms with Crippen LogP contribution in [0.2, 0.25) is 0 Å². The van der Waals surface area contributed by atoms with E-state index in [1.165, 1.54) is 4.68 Å². The molecule has 2 fully saturated rings. The summed E-state index contributed by atoms with van der Waals surface area (Å²) < 4.78 is 81.0. The largest absolute Gasteiger partial charge is 0.434 e. The number of rotatable bonds is 2. The van der Waals surface area contributed by atoms with Crippen LogP contribution in [0.3, 0.4) is 0 Å². The van der Waals surface area contributed by atoms with Crippen LogP contribution in [0.15, 0.2) is 12.3 Å². The summed E-state index contributed by atoms with van der Waals surface area (Å²) in [6, 6.07) is 1.56. The lowest BCUT2D eigenvalue weighted by Crippen LogP contribution is -2.56. The molecule has 2 amide bonds. The topological polar surface area (TPSA) is 67.7 Å². The first-order valence-corrected chi connectivity index (χ1v) is 9.24. The van der Waals surface area contributed by atoms with Crippen LogP contribution in [-0.2, 0) is 11.8 Å². The number of alkyl halides is 6. The van der Waals surface area contributed by atoms with Crippen LogP contribution in [0.1, 0.15) is 36.2 Å². The van der Waals surface area contributed by atoms with Gasteiger partial charge in [0.15, 0.2) is 0 Å². The zero-order valence-electron chi connectivity index (χ0n) is 16.0. The highest BCUT2D eigenvalue weighted by Crippen LogP contribution is 2.40. The van der Waals surface area contributed by atoms with Crippen molar-refractivity contribution in [3.05, 3.63) is 18.0 Å². The molecule has 30 heavy (non-hydrogen) atoms. The maximum atomic E-state index is 12.8. The second kappa shape index (κ2) is 7.65. The Labute approximate surface area is 167 Å². The highest BCUT2D eigenvalue weighted by molar-refractivity contribution is 5.93. The van der Waals surface area contributed by atoms with Gasteiger partial charge in [0.25, 0.3) is 12.0 Å². The number of amides is 2. The van der Waals surface area contributed by atoms with Crippen LogP contribution in [0.5, 0.6) is 0 Å². The summed E-state index contributed by atoms with van der Waals surface area (Å²) in [5.74, 6) is -0.293. The molecule has 1 spiro atoms. The molecule has 2 aliphatic rings. The van der Waals surface area contributed by atoms with Crippen LogP contribution >= 0.6 is 0 Å². The summed E-state index contributed by atoms with van der Waals surface area (Å²) in [5.41, 5.74) is -0.363. The van der Waals surface area contributed by atoms with Crippen molar-refractivity contribution in [2.24, 2.45) is 7.05 Å². The fourth-order valence-corrected chi connectivity index (χ4v) is 4.04. The number of carbonyl (C=O) groups excluding carboxylic acids is 2. The van der Waals surface area contributed by atoms with E-state index in [1.54, 1.807) is 24.2 Å². The zero-order chi connectivity index (χ0) is 22.3. The molecule has 0 bridgehead atoms. The molecule has 3 rings (SSSR count). The van der Waals surface area contributed by atoms with E-state index < -0.39 is 30.1 Å². The highest BCUT2D eigenvalue weighted by Gasteiger charge is 2.60. The van der Waals surface area contributed by atoms with Gasteiger partial charge in [0, 0.05) is 38.4 Å². The minimum atomic E-state index is -5.76. The highest BCUT2D eigenvalue weighted by atomic mass is 19.4. The Morgan fingerprint density at radius 1 is 1.07 bits per heavy atom. The Hall–Kier alpha value is -2.47. The summed E-state index contributed by atoms with van der Waals surface area (Å²) in [6.07, 6.45) is -14.0. The SMILES string of the molecule is Cn1ccc(C(=O)N2CCCC23CCN(C(=O)OC(C(F)(F)F)C(F)(F)F)CC3)n1. The Morgan fingerprint density at radius 3 is 2.17 bits per heavy atom. The number of ether oxygens (including phenoxy) is 1. The summed E-state index contributed by atoms with van der Waals surface area (Å²) in [6.45, 7) is 0.227. The van der Waals surface area contributed by atoms with Crippen LogP contribution < -0.4 is 0 Å². The number of aromatic nitrogens is 2. The molecule has 0 aromatic carbocycles. The number of halogens is 6. The normalized spacial score (nSPS) is 19.6. The molecular weight excluding hydrogens is 422 g/mol. The second-order valence-electron chi connectivity index (χ2n) is 7.49. The molecule has 1 aromatic rings. The van der Waals surface area contributed by atoms with Crippen molar-refractivity contribution < 1.29 is 40.7 Å². The van der Waals surface area contributed by atoms with Gasteiger partial charge < -0.3 is 14.5 Å². The van der Waals surface area contributed by atoms with Gasteiger partial charge in [-0.3, -0.25) is 9.48 Å². The van der Waals surface area contributed by atoms with Crippen molar-refractivity contribution >= 4 is 12.0 Å². The van der Waals surface area contributed by atoms with Crippen molar-refractivity contribution in [1.82, 2.24) is 19.6 Å². The first kappa shape index (κ1) is 22.2. The Morgan fingerprint density at radius 2 is 1.67 bits per heavy atom. The van der Waals surface area contributed by atoms with E-state index in [4.69, 9.17) is 0 Å². The Balaban J connectivity index is 1.66. The van der Waals surface area contributed by atoms with Crippen molar-refractivity contribution in [3.63, 3.8) is 0 Å². The van der Waals surface area contributed by atoms with Gasteiger partial charge in [-0.05, 0) is 31.7 Å². The van der Waals surface area contributed by atoms with Crippen molar-refractivity contribution in [1.29, 1.82) is 0 Å². The van der Waals surface area contributed by atoms with E-state index in [9.17, 15) is 35.9 Å². The lowest BCUT2D eigenvalue weighted by Gasteiger charge is -2.44. The number of piperidine rings is 1. The van der Waals surface area contributed by atoms with Gasteiger partial charge in [-0.2, -0.15) is 31.4 Å². The third-order valence-electron chi connectivity index (χ3n) is 5.54. The molecule has 1 aromatic heterocycles. The number of hydrogen-bond acceptors (Lipinski definition) is 4. The van der Waals surface area contributed by atoms with E-state index >= 15 is 0 Å². The van der Waals surface area contributed by atoms with Gasteiger partial charge in [-0.25, -0.2) is 4.79 Å². The molecule has 13 heteroatoms. The average Bonchev–Trinajstić information content (AvgIpc) is 3.24. The molecule has 2 saturated heterocycles. The third-order valence-corrected chi connectivity index (χ3v) is 5.54. The number of likely N-dealkylation sites (tertiary alicyclic amines) is 2. The van der Waals surface area contributed by atoms with Gasteiger partial charge in [0.05, 0.1) is 0 Å². The molecule has 0 N–H and O–H groups in total. The Bertz CT molecular complexity index is 784. The summed E-state index contributed by atoms with van der Waals surface area (Å²) >= 11 is 0. The van der Waals surface area contributed by atoms with Crippen molar-refractivity contribution in [2.75, 3.05) is 19.6 Å². The molecule has 7 nitrogen and oxygen atoms in total. The van der Waals surface area contributed by atoms with Gasteiger partial charge in [0.2, 0.25) is 0 Å². The summed E-state index contributed by atoms with van der Waals surface area (Å²) in [7, 11) is 1.66. The molecule has 3 heterocycles. The predicted molar refractivity (Wildman–Crippen MR) is 89.4 cm³/mol. The van der Waals surface area contributed by atoms with E-state index in [1.807, 2.05) is 0 Å². The number of hydrogen-bond donors (Lipinski definition) is 0. The fraction of sp³-hybridized carbons (Fsp3) is 0.706. The van der Waals surface area contributed by atoms with Gasteiger partial charge in [0.1, 0.15) is 5.69 Å². The maximum Gasteiger partial charge on any atom is 0.434 e. The standard InChI is InChI=1S/C17H20F6N4O3/c1-25-8-3-11(24-25)12(28)27-7-2-4-15(27)5-9-26(10-6-15)14(29)30-13(16(18,19)20)17(21,22)23/h3,8,13H,2,4-7,9-10H2,1H3. The third kappa shape index (κ3) is 4.33. The molecule has 0 unspecified atom stereocenters. The maximum absolute atomic E-state index is 12.8. The van der Waals surface area contributed by atoms with Crippen LogP contribution in [0.4, 0.5) is 31.1 Å². The van der Waals surface area contributed by atoms with Crippen LogP contribution in [-0.4, -0.2) is 75.2 Å². The summed E-state index contributed by atoms with van der Waals surface area (Å²) in [4.78, 5) is 27.2. The van der Waals surface area contributed by atoms with E-state index in [0.717, 1.165) is 4.90 Å². The summed E-state index contributed by atoms with van der Waals surface area (Å²) in [5, 5.41) is 4.08. The smallest absolute Gasteiger partial charge is 0.426 e. The van der Waals surface area contributed by atoms with E-state index in [0.29, 0.717) is 19.4 Å². The monoisotopic (exact) mass is 442 g/mol. The van der Waals surface area contributed by atoms with Crippen molar-refractivity contribution in [2.45, 2.75) is 49.7 Å². The molecule has 0 atom stereocenters. The fourth-order valence-electron chi connectivity index (χ4n) is 4.04. The lowest BCUT2D eigenvalue weighted by atomic mass is 9.85. The second-order valence-corrected chi connectivity index (χ2v) is 7.49. The van der Waals surface area contributed by atoms with Crippen LogP contribution in [0, 0.1) is 0 Å². The van der Waals surface area contributed by atoms with Crippen molar-refractivity contribution in [3.8, 4) is 0 Å². The van der Waals surface area contributed by atoms with Crippen LogP contribution in [0.25, 0.3) is 0 Å². The van der Waals surface area contributed by atoms with E-state index in [2.05, 4.69) is 9.84 Å². The lowest BCUT2D eigenvalue weighted by molar-refractivity contribution is -0.308. The molecule has 168 valence electrons. The van der Waals surface area contributed by atoms with Gasteiger partial charge in [-0.15, -0.1) is 0 Å².